The Hall–Kier alpha value is -1.84. The van der Waals surface area contributed by atoms with Gasteiger partial charge < -0.3 is 10.6 Å². The lowest BCUT2D eigenvalue weighted by molar-refractivity contribution is 0.414. The molecule has 0 amide bonds. The van der Waals surface area contributed by atoms with Crippen molar-refractivity contribution in [2.24, 2.45) is 15.9 Å². The van der Waals surface area contributed by atoms with Crippen LogP contribution in [0.4, 0.5) is 0 Å². The molecule has 2 N–H and O–H groups in total. The minimum absolute atomic E-state index is 0.621. The fraction of sp³-hybridized carbons (Fsp3) is 0.200. The Morgan fingerprint density at radius 2 is 2.00 bits per heavy atom. The van der Waals surface area contributed by atoms with Gasteiger partial charge in [-0.15, -0.1) is 0 Å². The van der Waals surface area contributed by atoms with Gasteiger partial charge in [-0.2, -0.15) is 5.10 Å². The molecule has 1 aromatic rings. The molecule has 0 aromatic heterocycles. The van der Waals surface area contributed by atoms with Gasteiger partial charge in [0.05, 0.1) is 19.9 Å². The fourth-order valence-corrected chi connectivity index (χ4v) is 0.975. The number of hydrazone groups is 1. The highest BCUT2D eigenvalue weighted by molar-refractivity contribution is 6.15. The summed E-state index contributed by atoms with van der Waals surface area (Å²) in [5.74, 6) is 5.76. The second-order valence-corrected chi connectivity index (χ2v) is 2.64. The maximum Gasteiger partial charge on any atom is 0.118 e. The minimum atomic E-state index is 0.621. The SMILES string of the molecule is COc1ccc(CN=C/C=N\N)cc1. The number of hydrogen-bond donors (Lipinski definition) is 1. The molecule has 0 atom stereocenters. The molecule has 0 saturated heterocycles. The third kappa shape index (κ3) is 3.26. The van der Waals surface area contributed by atoms with Crippen molar-refractivity contribution < 1.29 is 4.74 Å². The van der Waals surface area contributed by atoms with Crippen molar-refractivity contribution in [3.8, 4) is 5.75 Å². The average Bonchev–Trinajstić information content (AvgIpc) is 2.25. The maximum absolute atomic E-state index is 5.04. The number of methoxy groups -OCH3 is 1. The third-order valence-electron chi connectivity index (χ3n) is 1.69. The second kappa shape index (κ2) is 5.75. The van der Waals surface area contributed by atoms with E-state index in [1.54, 1.807) is 13.3 Å². The zero-order valence-electron chi connectivity index (χ0n) is 8.05. The predicted octanol–water partition coefficient (Wildman–Crippen LogP) is 1.21. The van der Waals surface area contributed by atoms with Crippen LogP contribution in [0.25, 0.3) is 0 Å². The van der Waals surface area contributed by atoms with Gasteiger partial charge in [-0.25, -0.2) is 0 Å². The van der Waals surface area contributed by atoms with Crippen LogP contribution in [0.1, 0.15) is 5.56 Å². The fourth-order valence-electron chi connectivity index (χ4n) is 0.975. The molecule has 4 heteroatoms. The summed E-state index contributed by atoms with van der Waals surface area (Å²) < 4.78 is 5.04. The van der Waals surface area contributed by atoms with Crippen molar-refractivity contribution in [1.29, 1.82) is 0 Å². The van der Waals surface area contributed by atoms with Crippen LogP contribution in [0.2, 0.25) is 0 Å². The Morgan fingerprint density at radius 1 is 1.29 bits per heavy atom. The van der Waals surface area contributed by atoms with Gasteiger partial charge in [0.15, 0.2) is 0 Å². The molecule has 0 spiro atoms. The summed E-state index contributed by atoms with van der Waals surface area (Å²) in [5.41, 5.74) is 1.12. The van der Waals surface area contributed by atoms with Crippen molar-refractivity contribution in [3.05, 3.63) is 29.8 Å². The third-order valence-corrected chi connectivity index (χ3v) is 1.69. The molecule has 0 aliphatic rings. The molecule has 14 heavy (non-hydrogen) atoms. The van der Waals surface area contributed by atoms with Crippen LogP contribution in [0, 0.1) is 0 Å². The first-order valence-electron chi connectivity index (χ1n) is 4.21. The number of hydrogen-bond acceptors (Lipinski definition) is 4. The van der Waals surface area contributed by atoms with Crippen molar-refractivity contribution in [2.45, 2.75) is 6.54 Å². The zero-order valence-corrected chi connectivity index (χ0v) is 8.05. The van der Waals surface area contributed by atoms with Gasteiger partial charge in [0.25, 0.3) is 0 Å². The smallest absolute Gasteiger partial charge is 0.118 e. The highest BCUT2D eigenvalue weighted by atomic mass is 16.5. The van der Waals surface area contributed by atoms with Gasteiger partial charge in [-0.05, 0) is 17.7 Å². The molecule has 0 heterocycles. The summed E-state index contributed by atoms with van der Waals surface area (Å²) in [6.07, 6.45) is 3.02. The molecular formula is C10H13N3O. The van der Waals surface area contributed by atoms with Crippen molar-refractivity contribution >= 4 is 12.4 Å². The van der Waals surface area contributed by atoms with E-state index in [-0.39, 0.29) is 0 Å². The molecule has 0 aliphatic carbocycles. The Labute approximate surface area is 83.1 Å². The molecular weight excluding hydrogens is 178 g/mol. The standard InChI is InChI=1S/C10H13N3O/c1-14-10-4-2-9(3-5-10)8-12-6-7-13-11/h2-7H,8,11H2,1H3/b12-6?,13-7-. The lowest BCUT2D eigenvalue weighted by atomic mass is 10.2. The lowest BCUT2D eigenvalue weighted by Gasteiger charge is -1.99. The van der Waals surface area contributed by atoms with E-state index in [9.17, 15) is 0 Å². The molecule has 1 rings (SSSR count). The Bertz CT molecular complexity index is 317. The zero-order chi connectivity index (χ0) is 10.2. The van der Waals surface area contributed by atoms with E-state index in [0.717, 1.165) is 11.3 Å². The van der Waals surface area contributed by atoms with Crippen molar-refractivity contribution in [3.63, 3.8) is 0 Å². The van der Waals surface area contributed by atoms with E-state index >= 15 is 0 Å². The largest absolute Gasteiger partial charge is 0.497 e. The maximum atomic E-state index is 5.04. The molecule has 0 saturated carbocycles. The first-order valence-corrected chi connectivity index (χ1v) is 4.21. The molecule has 0 aliphatic heterocycles. The van der Waals surface area contributed by atoms with Gasteiger partial charge in [0.2, 0.25) is 0 Å². The van der Waals surface area contributed by atoms with Crippen LogP contribution in [-0.4, -0.2) is 19.5 Å². The van der Waals surface area contributed by atoms with E-state index in [1.165, 1.54) is 6.21 Å². The lowest BCUT2D eigenvalue weighted by Crippen LogP contribution is -1.87. The summed E-state index contributed by atoms with van der Waals surface area (Å²) in [6, 6.07) is 7.75. The molecule has 4 nitrogen and oxygen atoms in total. The second-order valence-electron chi connectivity index (χ2n) is 2.64. The Kier molecular flexibility index (Phi) is 4.20. The van der Waals surface area contributed by atoms with Crippen molar-refractivity contribution in [2.75, 3.05) is 7.11 Å². The number of rotatable bonds is 4. The van der Waals surface area contributed by atoms with Gasteiger partial charge in [0, 0.05) is 6.21 Å². The van der Waals surface area contributed by atoms with E-state index < -0.39 is 0 Å². The minimum Gasteiger partial charge on any atom is -0.497 e. The van der Waals surface area contributed by atoms with Crippen LogP contribution in [-0.2, 0) is 6.54 Å². The number of nitrogens with zero attached hydrogens (tertiary/aromatic N) is 2. The predicted molar refractivity (Wildman–Crippen MR) is 57.9 cm³/mol. The van der Waals surface area contributed by atoms with Crippen LogP contribution in [0.15, 0.2) is 34.4 Å². The molecule has 0 radical (unpaired) electrons. The summed E-state index contributed by atoms with van der Waals surface area (Å²) >= 11 is 0. The number of nitrogens with two attached hydrogens (primary N) is 1. The van der Waals surface area contributed by atoms with Gasteiger partial charge in [0.1, 0.15) is 5.75 Å². The molecule has 1 aromatic carbocycles. The summed E-state index contributed by atoms with van der Waals surface area (Å²) in [5, 5.41) is 3.30. The van der Waals surface area contributed by atoms with Crippen LogP contribution >= 0.6 is 0 Å². The summed E-state index contributed by atoms with van der Waals surface area (Å²) in [7, 11) is 1.64. The average molecular weight is 191 g/mol. The normalized spacial score (nSPS) is 11.2. The van der Waals surface area contributed by atoms with Crippen LogP contribution < -0.4 is 10.6 Å². The van der Waals surface area contributed by atoms with E-state index in [0.29, 0.717) is 6.54 Å². The van der Waals surface area contributed by atoms with E-state index in [2.05, 4.69) is 10.1 Å². The number of ether oxygens (including phenoxy) is 1. The molecule has 74 valence electrons. The monoisotopic (exact) mass is 191 g/mol. The van der Waals surface area contributed by atoms with Crippen LogP contribution in [0.3, 0.4) is 0 Å². The van der Waals surface area contributed by atoms with Gasteiger partial charge >= 0.3 is 0 Å². The summed E-state index contributed by atoms with van der Waals surface area (Å²) in [6.45, 7) is 0.621. The van der Waals surface area contributed by atoms with E-state index in [1.807, 2.05) is 24.3 Å². The first kappa shape index (κ1) is 10.2. The number of aliphatic imine (C=N–C) groups is 1. The highest BCUT2D eigenvalue weighted by Crippen LogP contribution is 2.11. The van der Waals surface area contributed by atoms with E-state index in [4.69, 9.17) is 10.6 Å². The summed E-state index contributed by atoms with van der Waals surface area (Å²) in [4.78, 5) is 4.09. The first-order chi connectivity index (χ1) is 6.86. The molecule has 0 unspecified atom stereocenters. The number of benzene rings is 1. The van der Waals surface area contributed by atoms with Gasteiger partial charge in [-0.1, -0.05) is 12.1 Å². The topological polar surface area (TPSA) is 60.0 Å². The highest BCUT2D eigenvalue weighted by Gasteiger charge is 1.91. The molecule has 0 bridgehead atoms. The quantitative estimate of drug-likeness (QED) is 0.442. The Morgan fingerprint density at radius 3 is 2.57 bits per heavy atom. The van der Waals surface area contributed by atoms with Crippen LogP contribution in [0.5, 0.6) is 5.75 Å². The Balaban J connectivity index is 2.51. The molecule has 0 fully saturated rings. The van der Waals surface area contributed by atoms with Gasteiger partial charge in [-0.3, -0.25) is 4.99 Å². The van der Waals surface area contributed by atoms with Crippen molar-refractivity contribution in [1.82, 2.24) is 0 Å².